The number of rotatable bonds is 9. The van der Waals surface area contributed by atoms with Crippen LogP contribution < -0.4 is 15.4 Å². The molecule has 4 N–H and O–H groups in total. The Labute approximate surface area is 173 Å². The van der Waals surface area contributed by atoms with Gasteiger partial charge >= 0.3 is 5.97 Å². The Balaban J connectivity index is 1.61. The second-order valence-electron chi connectivity index (χ2n) is 6.68. The van der Waals surface area contributed by atoms with Crippen molar-refractivity contribution < 1.29 is 24.2 Å². The molecule has 1 aromatic heterocycles. The molecule has 0 fully saturated rings. The number of aliphatic carboxylic acids is 1. The predicted molar refractivity (Wildman–Crippen MR) is 112 cm³/mol. The summed E-state index contributed by atoms with van der Waals surface area (Å²) < 4.78 is 5.44. The van der Waals surface area contributed by atoms with E-state index in [0.29, 0.717) is 18.0 Å². The lowest BCUT2D eigenvalue weighted by Gasteiger charge is -2.15. The number of carboxylic acids is 1. The van der Waals surface area contributed by atoms with E-state index in [1.807, 2.05) is 31.2 Å². The van der Waals surface area contributed by atoms with Gasteiger partial charge in [-0.25, -0.2) is 4.79 Å². The molecule has 2 aromatic carbocycles. The first-order valence-electron chi connectivity index (χ1n) is 9.56. The first-order chi connectivity index (χ1) is 14.5. The van der Waals surface area contributed by atoms with Crippen molar-refractivity contribution in [3.8, 4) is 5.75 Å². The van der Waals surface area contributed by atoms with Gasteiger partial charge in [0.1, 0.15) is 18.2 Å². The standard InChI is InChI=1S/C22H23N3O5/c1-2-30-19-10-6-5-9-17(19)24-20(26)12-21(27)25-18(22(28)29)11-14-13-23-16-8-4-3-7-15(14)16/h3-10,13,18,23H,2,11-12H2,1H3,(H,24,26)(H,25,27)(H,28,29)/t18-/m0/s1. The highest BCUT2D eigenvalue weighted by Crippen LogP contribution is 2.23. The summed E-state index contributed by atoms with van der Waals surface area (Å²) in [6.45, 7) is 2.26. The second-order valence-corrected chi connectivity index (χ2v) is 6.68. The number of carboxylic acid groups (broad SMARTS) is 1. The van der Waals surface area contributed by atoms with Crippen molar-refractivity contribution in [3.63, 3.8) is 0 Å². The van der Waals surface area contributed by atoms with Crippen LogP contribution in [-0.4, -0.2) is 40.5 Å². The fourth-order valence-electron chi connectivity index (χ4n) is 3.16. The van der Waals surface area contributed by atoms with E-state index in [4.69, 9.17) is 4.74 Å². The Morgan fingerprint density at radius 3 is 2.57 bits per heavy atom. The number of amides is 2. The monoisotopic (exact) mass is 409 g/mol. The predicted octanol–water partition coefficient (Wildman–Crippen LogP) is 2.71. The van der Waals surface area contributed by atoms with Gasteiger partial charge in [-0.15, -0.1) is 0 Å². The fraction of sp³-hybridized carbons (Fsp3) is 0.227. The average Bonchev–Trinajstić information content (AvgIpc) is 3.12. The number of carbonyl (C=O) groups excluding carboxylic acids is 2. The molecule has 0 aliphatic rings. The average molecular weight is 409 g/mol. The Morgan fingerprint density at radius 2 is 1.80 bits per heavy atom. The Bertz CT molecular complexity index is 1060. The number of para-hydroxylation sites is 3. The van der Waals surface area contributed by atoms with Crippen molar-refractivity contribution in [2.24, 2.45) is 0 Å². The van der Waals surface area contributed by atoms with Crippen molar-refractivity contribution in [1.29, 1.82) is 0 Å². The second kappa shape index (κ2) is 9.60. The molecule has 156 valence electrons. The van der Waals surface area contributed by atoms with Crippen LogP contribution in [0.1, 0.15) is 18.9 Å². The first kappa shape index (κ1) is 20.9. The molecule has 30 heavy (non-hydrogen) atoms. The van der Waals surface area contributed by atoms with Crippen LogP contribution >= 0.6 is 0 Å². The van der Waals surface area contributed by atoms with Crippen LogP contribution in [-0.2, 0) is 20.8 Å². The highest BCUT2D eigenvalue weighted by molar-refractivity contribution is 6.04. The number of H-pyrrole nitrogens is 1. The molecule has 3 aromatic rings. The van der Waals surface area contributed by atoms with Gasteiger partial charge in [0.2, 0.25) is 11.8 Å². The Kier molecular flexibility index (Phi) is 6.69. The number of fused-ring (bicyclic) bond motifs is 1. The summed E-state index contributed by atoms with van der Waals surface area (Å²) in [5.41, 5.74) is 2.11. The molecular weight excluding hydrogens is 386 g/mol. The molecular formula is C22H23N3O5. The van der Waals surface area contributed by atoms with E-state index in [-0.39, 0.29) is 6.42 Å². The van der Waals surface area contributed by atoms with E-state index in [1.165, 1.54) is 0 Å². The minimum Gasteiger partial charge on any atom is -0.492 e. The molecule has 8 nitrogen and oxygen atoms in total. The number of ether oxygens (including phenoxy) is 1. The van der Waals surface area contributed by atoms with E-state index in [0.717, 1.165) is 16.5 Å². The molecule has 1 heterocycles. The summed E-state index contributed by atoms with van der Waals surface area (Å²) in [5.74, 6) is -1.91. The van der Waals surface area contributed by atoms with Crippen molar-refractivity contribution in [2.45, 2.75) is 25.8 Å². The zero-order chi connectivity index (χ0) is 21.5. The summed E-state index contributed by atoms with van der Waals surface area (Å²) >= 11 is 0. The molecule has 0 aliphatic heterocycles. The van der Waals surface area contributed by atoms with Crippen LogP contribution in [0.3, 0.4) is 0 Å². The van der Waals surface area contributed by atoms with Gasteiger partial charge in [-0.1, -0.05) is 30.3 Å². The van der Waals surface area contributed by atoms with Crippen molar-refractivity contribution >= 4 is 34.4 Å². The quantitative estimate of drug-likeness (QED) is 0.405. The lowest BCUT2D eigenvalue weighted by atomic mass is 10.0. The molecule has 3 rings (SSSR count). The van der Waals surface area contributed by atoms with E-state index < -0.39 is 30.2 Å². The smallest absolute Gasteiger partial charge is 0.326 e. The van der Waals surface area contributed by atoms with Crippen molar-refractivity contribution in [3.05, 3.63) is 60.3 Å². The van der Waals surface area contributed by atoms with Gasteiger partial charge in [0.15, 0.2) is 0 Å². The van der Waals surface area contributed by atoms with Gasteiger partial charge < -0.3 is 25.5 Å². The number of nitrogens with one attached hydrogen (secondary N) is 3. The van der Waals surface area contributed by atoms with Crippen LogP contribution in [0, 0.1) is 0 Å². The summed E-state index contributed by atoms with van der Waals surface area (Å²) in [5, 5.41) is 15.5. The van der Waals surface area contributed by atoms with Crippen LogP contribution in [0.15, 0.2) is 54.7 Å². The SMILES string of the molecule is CCOc1ccccc1NC(=O)CC(=O)N[C@@H](Cc1c[nH]c2ccccc12)C(=O)O. The van der Waals surface area contributed by atoms with Gasteiger partial charge in [0, 0.05) is 23.5 Å². The lowest BCUT2D eigenvalue weighted by molar-refractivity contribution is -0.142. The molecule has 0 saturated carbocycles. The van der Waals surface area contributed by atoms with Crippen LogP contribution in [0.2, 0.25) is 0 Å². The topological polar surface area (TPSA) is 121 Å². The number of carbonyl (C=O) groups is 3. The highest BCUT2D eigenvalue weighted by atomic mass is 16.5. The maximum absolute atomic E-state index is 12.3. The number of benzene rings is 2. The Morgan fingerprint density at radius 1 is 1.07 bits per heavy atom. The number of hydrogen-bond acceptors (Lipinski definition) is 4. The maximum Gasteiger partial charge on any atom is 0.326 e. The summed E-state index contributed by atoms with van der Waals surface area (Å²) in [6, 6.07) is 13.2. The molecule has 2 amide bonds. The van der Waals surface area contributed by atoms with Gasteiger partial charge in [0.05, 0.1) is 12.3 Å². The zero-order valence-electron chi connectivity index (χ0n) is 16.5. The molecule has 0 saturated heterocycles. The molecule has 8 heteroatoms. The molecule has 0 unspecified atom stereocenters. The molecule has 1 atom stereocenters. The summed E-state index contributed by atoms with van der Waals surface area (Å²) in [6.07, 6.45) is 1.32. The third-order valence-corrected chi connectivity index (χ3v) is 4.51. The van der Waals surface area contributed by atoms with Crippen LogP contribution in [0.25, 0.3) is 10.9 Å². The van der Waals surface area contributed by atoms with Gasteiger partial charge in [-0.05, 0) is 30.7 Å². The number of anilines is 1. The van der Waals surface area contributed by atoms with E-state index in [9.17, 15) is 19.5 Å². The maximum atomic E-state index is 12.3. The summed E-state index contributed by atoms with van der Waals surface area (Å²) in [4.78, 5) is 39.3. The highest BCUT2D eigenvalue weighted by Gasteiger charge is 2.23. The van der Waals surface area contributed by atoms with Gasteiger partial charge in [0.25, 0.3) is 0 Å². The van der Waals surface area contributed by atoms with E-state index in [1.54, 1.807) is 30.5 Å². The normalized spacial score (nSPS) is 11.6. The van der Waals surface area contributed by atoms with Gasteiger partial charge in [-0.2, -0.15) is 0 Å². The van der Waals surface area contributed by atoms with Crippen LogP contribution in [0.4, 0.5) is 5.69 Å². The van der Waals surface area contributed by atoms with Crippen molar-refractivity contribution in [1.82, 2.24) is 10.3 Å². The number of aromatic nitrogens is 1. The van der Waals surface area contributed by atoms with E-state index >= 15 is 0 Å². The lowest BCUT2D eigenvalue weighted by Crippen LogP contribution is -2.43. The molecule has 0 aliphatic carbocycles. The fourth-order valence-corrected chi connectivity index (χ4v) is 3.16. The number of hydrogen-bond donors (Lipinski definition) is 4. The third-order valence-electron chi connectivity index (χ3n) is 4.51. The first-order valence-corrected chi connectivity index (χ1v) is 9.56. The minimum atomic E-state index is -1.17. The van der Waals surface area contributed by atoms with Gasteiger partial charge in [-0.3, -0.25) is 9.59 Å². The zero-order valence-corrected chi connectivity index (χ0v) is 16.5. The third kappa shape index (κ3) is 5.16. The minimum absolute atomic E-state index is 0.0971. The Hall–Kier alpha value is -3.81. The summed E-state index contributed by atoms with van der Waals surface area (Å²) in [7, 11) is 0. The van der Waals surface area contributed by atoms with Crippen LogP contribution in [0.5, 0.6) is 5.75 Å². The molecule has 0 spiro atoms. The molecule has 0 bridgehead atoms. The number of aromatic amines is 1. The van der Waals surface area contributed by atoms with E-state index in [2.05, 4.69) is 15.6 Å². The van der Waals surface area contributed by atoms with Crippen molar-refractivity contribution in [2.75, 3.05) is 11.9 Å². The largest absolute Gasteiger partial charge is 0.492 e. The molecule has 0 radical (unpaired) electrons.